The van der Waals surface area contributed by atoms with Crippen LogP contribution in [0.5, 0.6) is 0 Å². The summed E-state index contributed by atoms with van der Waals surface area (Å²) in [5, 5.41) is 18.0. The van der Waals surface area contributed by atoms with E-state index >= 15 is 0 Å². The first-order chi connectivity index (χ1) is 5.69. The number of benzene rings is 1. The third-order valence-electron chi connectivity index (χ3n) is 1.71. The van der Waals surface area contributed by atoms with Crippen molar-refractivity contribution >= 4 is 11.6 Å². The van der Waals surface area contributed by atoms with Crippen molar-refractivity contribution in [1.82, 2.24) is 0 Å². The average Bonchev–Trinajstić information content (AvgIpc) is 2.09. The summed E-state index contributed by atoms with van der Waals surface area (Å²) in [6.45, 7) is 1.69. The molecule has 0 aromatic heterocycles. The van der Waals surface area contributed by atoms with Crippen molar-refractivity contribution in [2.75, 3.05) is 0 Å². The molecule has 0 saturated carbocycles. The molecule has 0 spiro atoms. The van der Waals surface area contributed by atoms with E-state index < -0.39 is 0 Å². The highest BCUT2D eigenvalue weighted by atomic mass is 35.5. The molecule has 2 nitrogen and oxygen atoms in total. The van der Waals surface area contributed by atoms with Crippen molar-refractivity contribution < 1.29 is 5.11 Å². The largest absolute Gasteiger partial charge is 0.392 e. The molecule has 1 N–H and O–H groups in total. The zero-order valence-corrected chi connectivity index (χ0v) is 7.39. The van der Waals surface area contributed by atoms with E-state index in [4.69, 9.17) is 22.0 Å². The average molecular weight is 182 g/mol. The van der Waals surface area contributed by atoms with Gasteiger partial charge in [0.15, 0.2) is 0 Å². The quantitative estimate of drug-likeness (QED) is 0.721. The molecular formula is C9H8ClNO. The van der Waals surface area contributed by atoms with Crippen LogP contribution >= 0.6 is 11.6 Å². The van der Waals surface area contributed by atoms with Crippen LogP contribution in [0.4, 0.5) is 0 Å². The molecule has 1 aromatic carbocycles. The maximum Gasteiger partial charge on any atom is 0.0995 e. The Balaban J connectivity index is 3.31. The number of aliphatic hydroxyl groups excluding tert-OH is 1. The Kier molecular flexibility index (Phi) is 2.69. The minimum atomic E-state index is -0.0886. The van der Waals surface area contributed by atoms with Gasteiger partial charge in [-0.15, -0.1) is 0 Å². The maximum atomic E-state index is 8.80. The molecule has 0 bridgehead atoms. The van der Waals surface area contributed by atoms with Crippen LogP contribution in [-0.2, 0) is 6.61 Å². The molecule has 0 heterocycles. The van der Waals surface area contributed by atoms with E-state index in [2.05, 4.69) is 0 Å². The smallest absolute Gasteiger partial charge is 0.0995 e. The van der Waals surface area contributed by atoms with Crippen LogP contribution in [0.25, 0.3) is 0 Å². The van der Waals surface area contributed by atoms with Gasteiger partial charge in [-0.25, -0.2) is 0 Å². The van der Waals surface area contributed by atoms with Crippen LogP contribution in [0.3, 0.4) is 0 Å². The molecule has 1 rings (SSSR count). The van der Waals surface area contributed by atoms with Gasteiger partial charge in [0.1, 0.15) is 0 Å². The second-order valence-electron chi connectivity index (χ2n) is 2.52. The van der Waals surface area contributed by atoms with E-state index in [1.807, 2.05) is 6.07 Å². The summed E-state index contributed by atoms with van der Waals surface area (Å²) in [5.74, 6) is 0. The lowest BCUT2D eigenvalue weighted by molar-refractivity contribution is 0.282. The number of halogens is 1. The Morgan fingerprint density at radius 1 is 1.58 bits per heavy atom. The SMILES string of the molecule is Cc1c(Cl)cc(CO)cc1C#N. The van der Waals surface area contributed by atoms with Crippen molar-refractivity contribution in [3.05, 3.63) is 33.8 Å². The van der Waals surface area contributed by atoms with E-state index in [0.717, 1.165) is 5.56 Å². The molecule has 0 fully saturated rings. The molecule has 62 valence electrons. The molecule has 0 aliphatic rings. The molecule has 0 aliphatic carbocycles. The van der Waals surface area contributed by atoms with E-state index in [0.29, 0.717) is 16.1 Å². The zero-order valence-electron chi connectivity index (χ0n) is 6.63. The van der Waals surface area contributed by atoms with Gasteiger partial charge in [-0.3, -0.25) is 0 Å². The number of rotatable bonds is 1. The Morgan fingerprint density at radius 3 is 2.75 bits per heavy atom. The molecule has 12 heavy (non-hydrogen) atoms. The minimum absolute atomic E-state index is 0.0886. The number of aliphatic hydroxyl groups is 1. The van der Waals surface area contributed by atoms with Crippen LogP contribution in [0.2, 0.25) is 5.02 Å². The summed E-state index contributed by atoms with van der Waals surface area (Å²) < 4.78 is 0. The van der Waals surface area contributed by atoms with Crippen LogP contribution in [0.1, 0.15) is 16.7 Å². The fraction of sp³-hybridized carbons (Fsp3) is 0.222. The van der Waals surface area contributed by atoms with Gasteiger partial charge in [0, 0.05) is 5.02 Å². The summed E-state index contributed by atoms with van der Waals surface area (Å²) >= 11 is 5.81. The zero-order chi connectivity index (χ0) is 9.14. The fourth-order valence-corrected chi connectivity index (χ4v) is 1.18. The molecule has 0 radical (unpaired) electrons. The van der Waals surface area contributed by atoms with Crippen LogP contribution in [0, 0.1) is 18.3 Å². The van der Waals surface area contributed by atoms with Gasteiger partial charge in [-0.05, 0) is 30.2 Å². The van der Waals surface area contributed by atoms with Gasteiger partial charge in [-0.1, -0.05) is 11.6 Å². The van der Waals surface area contributed by atoms with Crippen LogP contribution in [-0.4, -0.2) is 5.11 Å². The lowest BCUT2D eigenvalue weighted by Gasteiger charge is -2.02. The maximum absolute atomic E-state index is 8.80. The van der Waals surface area contributed by atoms with Crippen molar-refractivity contribution in [1.29, 1.82) is 5.26 Å². The summed E-state index contributed by atoms with van der Waals surface area (Å²) in [5.41, 5.74) is 1.95. The van der Waals surface area contributed by atoms with Crippen molar-refractivity contribution in [3.63, 3.8) is 0 Å². The Hall–Kier alpha value is -1.04. The van der Waals surface area contributed by atoms with Gasteiger partial charge in [-0.2, -0.15) is 5.26 Å². The molecule has 3 heteroatoms. The van der Waals surface area contributed by atoms with Gasteiger partial charge in [0.25, 0.3) is 0 Å². The second kappa shape index (κ2) is 3.57. The molecular weight excluding hydrogens is 174 g/mol. The number of nitrogens with zero attached hydrogens (tertiary/aromatic N) is 1. The van der Waals surface area contributed by atoms with E-state index in [9.17, 15) is 0 Å². The Bertz CT molecular complexity index is 341. The highest BCUT2D eigenvalue weighted by molar-refractivity contribution is 6.31. The van der Waals surface area contributed by atoms with Crippen molar-refractivity contribution in [2.24, 2.45) is 0 Å². The normalized spacial score (nSPS) is 9.50. The molecule has 0 saturated heterocycles. The first kappa shape index (κ1) is 9.05. The van der Waals surface area contributed by atoms with Crippen LogP contribution in [0.15, 0.2) is 12.1 Å². The predicted molar refractivity (Wildman–Crippen MR) is 46.8 cm³/mol. The number of hydrogen-bond donors (Lipinski definition) is 1. The summed E-state index contributed by atoms with van der Waals surface area (Å²) in [4.78, 5) is 0. The fourth-order valence-electron chi connectivity index (χ4n) is 0.942. The monoisotopic (exact) mass is 181 g/mol. The molecule has 0 atom stereocenters. The van der Waals surface area contributed by atoms with Crippen molar-refractivity contribution in [2.45, 2.75) is 13.5 Å². The summed E-state index contributed by atoms with van der Waals surface area (Å²) in [6, 6.07) is 5.32. The standard InChI is InChI=1S/C9H8ClNO/c1-6-8(4-11)2-7(5-12)3-9(6)10/h2-3,12H,5H2,1H3. The molecule has 0 unspecified atom stereocenters. The highest BCUT2D eigenvalue weighted by Crippen LogP contribution is 2.20. The van der Waals surface area contributed by atoms with Gasteiger partial charge >= 0.3 is 0 Å². The van der Waals surface area contributed by atoms with Crippen LogP contribution < -0.4 is 0 Å². The second-order valence-corrected chi connectivity index (χ2v) is 2.93. The third kappa shape index (κ3) is 1.58. The molecule has 1 aromatic rings. The molecule has 0 amide bonds. The Morgan fingerprint density at radius 2 is 2.25 bits per heavy atom. The lowest BCUT2D eigenvalue weighted by atomic mass is 10.1. The van der Waals surface area contributed by atoms with Gasteiger partial charge in [0.2, 0.25) is 0 Å². The predicted octanol–water partition coefficient (Wildman–Crippen LogP) is 2.01. The number of hydrogen-bond acceptors (Lipinski definition) is 2. The van der Waals surface area contributed by atoms with Gasteiger partial charge in [0.05, 0.1) is 18.2 Å². The highest BCUT2D eigenvalue weighted by Gasteiger charge is 2.03. The minimum Gasteiger partial charge on any atom is -0.392 e. The Labute approximate surface area is 76.0 Å². The van der Waals surface area contributed by atoms with E-state index in [1.165, 1.54) is 0 Å². The summed E-state index contributed by atoms with van der Waals surface area (Å²) in [7, 11) is 0. The molecule has 0 aliphatic heterocycles. The first-order valence-corrected chi connectivity index (χ1v) is 3.87. The van der Waals surface area contributed by atoms with Crippen molar-refractivity contribution in [3.8, 4) is 6.07 Å². The first-order valence-electron chi connectivity index (χ1n) is 3.49. The topological polar surface area (TPSA) is 44.0 Å². The third-order valence-corrected chi connectivity index (χ3v) is 2.10. The summed E-state index contributed by atoms with van der Waals surface area (Å²) in [6.07, 6.45) is 0. The van der Waals surface area contributed by atoms with E-state index in [1.54, 1.807) is 19.1 Å². The lowest BCUT2D eigenvalue weighted by Crippen LogP contribution is -1.89. The number of nitriles is 1. The van der Waals surface area contributed by atoms with E-state index in [-0.39, 0.29) is 6.61 Å². The van der Waals surface area contributed by atoms with Gasteiger partial charge < -0.3 is 5.11 Å².